The van der Waals surface area contributed by atoms with E-state index >= 15 is 0 Å². The van der Waals surface area contributed by atoms with Gasteiger partial charge < -0.3 is 24.7 Å². The molecule has 0 saturated heterocycles. The van der Waals surface area contributed by atoms with Gasteiger partial charge in [-0.25, -0.2) is 0 Å². The van der Waals surface area contributed by atoms with Gasteiger partial charge in [0.1, 0.15) is 24.7 Å². The minimum absolute atomic E-state index is 0.201. The molecule has 2 aromatic rings. The minimum atomic E-state index is -0.201. The molecule has 0 amide bonds. The summed E-state index contributed by atoms with van der Waals surface area (Å²) in [5.74, 6) is 2.11. The average Bonchev–Trinajstić information content (AvgIpc) is 2.68. The molecule has 0 spiro atoms. The second kappa shape index (κ2) is 8.35. The van der Waals surface area contributed by atoms with Crippen LogP contribution in [0.25, 0.3) is 6.08 Å². The third kappa shape index (κ3) is 4.19. The maximum absolute atomic E-state index is 12.8. The lowest BCUT2D eigenvalue weighted by atomic mass is 10.1. The van der Waals surface area contributed by atoms with E-state index in [2.05, 4.69) is 15.9 Å². The maximum atomic E-state index is 12.8. The number of hydrogen-bond donors (Lipinski definition) is 1. The first-order valence-corrected chi connectivity index (χ1v) is 9.24. The van der Waals surface area contributed by atoms with Crippen molar-refractivity contribution in [3.8, 4) is 23.0 Å². The molecule has 1 aliphatic rings. The van der Waals surface area contributed by atoms with Crippen molar-refractivity contribution in [1.29, 1.82) is 0 Å². The van der Waals surface area contributed by atoms with Crippen LogP contribution in [-0.4, -0.2) is 32.7 Å². The number of benzene rings is 2. The number of hydrogen-bond acceptors (Lipinski definition) is 6. The zero-order chi connectivity index (χ0) is 19.4. The summed E-state index contributed by atoms with van der Waals surface area (Å²) in [6.45, 7) is 3.30. The summed E-state index contributed by atoms with van der Waals surface area (Å²) in [6, 6.07) is 8.49. The lowest BCUT2D eigenvalue weighted by Crippen LogP contribution is -2.15. The Hall–Kier alpha value is -2.67. The van der Waals surface area contributed by atoms with Gasteiger partial charge in [-0.05, 0) is 53.2 Å². The number of nitrogens with two attached hydrogens (primary N) is 1. The summed E-state index contributed by atoms with van der Waals surface area (Å²) in [5, 5.41) is 0. The normalized spacial score (nSPS) is 13.2. The number of ether oxygens (including phenoxy) is 4. The van der Waals surface area contributed by atoms with Gasteiger partial charge in [-0.2, -0.15) is 0 Å². The third-order valence-electron chi connectivity index (χ3n) is 3.97. The molecular weight excluding hydrogens is 414 g/mol. The van der Waals surface area contributed by atoms with Crippen LogP contribution in [0.2, 0.25) is 0 Å². The molecular formula is C20H20BrNO5. The standard InChI is InChI=1S/C20H20BrNO5/c1-3-25-17-9-12(4-5-15(17)22)20(23)14(21)8-13-10-18-19(11-16(13)24-2)27-7-6-26-18/h4-5,8-11H,3,6-7,22H2,1-2H3. The minimum Gasteiger partial charge on any atom is -0.496 e. The third-order valence-corrected chi connectivity index (χ3v) is 4.56. The molecule has 2 N–H and O–H groups in total. The van der Waals surface area contributed by atoms with Crippen LogP contribution in [0.3, 0.4) is 0 Å². The number of Topliss-reactive ketones (excluding diaryl/α,β-unsaturated/α-hetero) is 1. The van der Waals surface area contributed by atoms with Gasteiger partial charge >= 0.3 is 0 Å². The van der Waals surface area contributed by atoms with Crippen molar-refractivity contribution in [1.82, 2.24) is 0 Å². The number of halogens is 1. The number of carbonyl (C=O) groups is 1. The van der Waals surface area contributed by atoms with Crippen molar-refractivity contribution in [2.24, 2.45) is 0 Å². The monoisotopic (exact) mass is 433 g/mol. The molecule has 0 unspecified atom stereocenters. The summed E-state index contributed by atoms with van der Waals surface area (Å²) >= 11 is 3.37. The van der Waals surface area contributed by atoms with Crippen LogP contribution in [0.1, 0.15) is 22.8 Å². The van der Waals surface area contributed by atoms with E-state index in [9.17, 15) is 4.79 Å². The Labute approximate surface area is 166 Å². The Bertz CT molecular complexity index is 894. The fourth-order valence-electron chi connectivity index (χ4n) is 2.67. The van der Waals surface area contributed by atoms with Gasteiger partial charge in [-0.3, -0.25) is 4.79 Å². The van der Waals surface area contributed by atoms with Gasteiger partial charge in [0.25, 0.3) is 0 Å². The topological polar surface area (TPSA) is 80.0 Å². The number of nitrogen functional groups attached to an aromatic ring is 1. The highest BCUT2D eigenvalue weighted by atomic mass is 79.9. The van der Waals surface area contributed by atoms with Crippen LogP contribution in [0.15, 0.2) is 34.8 Å². The lowest BCUT2D eigenvalue weighted by molar-refractivity contribution is 0.104. The Morgan fingerprint density at radius 3 is 2.56 bits per heavy atom. The maximum Gasteiger partial charge on any atom is 0.200 e. The SMILES string of the molecule is CCOc1cc(C(=O)C(Br)=Cc2cc3c(cc2OC)OCCO3)ccc1N. The first-order valence-electron chi connectivity index (χ1n) is 8.45. The van der Waals surface area contributed by atoms with Crippen LogP contribution in [0.4, 0.5) is 5.69 Å². The molecule has 0 fully saturated rings. The molecule has 27 heavy (non-hydrogen) atoms. The van der Waals surface area contributed by atoms with Gasteiger partial charge in [0.05, 0.1) is 23.9 Å². The molecule has 1 heterocycles. The summed E-state index contributed by atoms with van der Waals surface area (Å²) in [7, 11) is 1.56. The van der Waals surface area contributed by atoms with E-state index in [1.54, 1.807) is 43.5 Å². The molecule has 142 valence electrons. The van der Waals surface area contributed by atoms with Crippen molar-refractivity contribution in [3.05, 3.63) is 45.9 Å². The largest absolute Gasteiger partial charge is 0.496 e. The molecule has 0 aromatic heterocycles. The quantitative estimate of drug-likeness (QED) is 0.420. The van der Waals surface area contributed by atoms with Crippen molar-refractivity contribution in [2.75, 3.05) is 32.7 Å². The Kier molecular flexibility index (Phi) is 5.91. The number of anilines is 1. The molecule has 0 atom stereocenters. The average molecular weight is 434 g/mol. The van der Waals surface area contributed by atoms with Crippen LogP contribution in [0.5, 0.6) is 23.0 Å². The number of rotatable bonds is 6. The predicted octanol–water partition coefficient (Wildman–Crippen LogP) is 4.07. The van der Waals surface area contributed by atoms with E-state index in [1.807, 2.05) is 6.92 Å². The molecule has 1 aliphatic heterocycles. The summed E-state index contributed by atoms with van der Waals surface area (Å²) in [4.78, 5) is 12.8. The first-order chi connectivity index (χ1) is 13.0. The van der Waals surface area contributed by atoms with Gasteiger partial charge in [-0.15, -0.1) is 0 Å². The van der Waals surface area contributed by atoms with Crippen molar-refractivity contribution in [2.45, 2.75) is 6.92 Å². The first kappa shape index (κ1) is 19.1. The van der Waals surface area contributed by atoms with Crippen molar-refractivity contribution >= 4 is 33.5 Å². The fraction of sp³-hybridized carbons (Fsp3) is 0.250. The molecule has 0 saturated carbocycles. The molecule has 7 heteroatoms. The van der Waals surface area contributed by atoms with Crippen LogP contribution in [0, 0.1) is 0 Å². The van der Waals surface area contributed by atoms with Gasteiger partial charge in [0.15, 0.2) is 17.3 Å². The van der Waals surface area contributed by atoms with E-state index < -0.39 is 0 Å². The number of ketones is 1. The number of methoxy groups -OCH3 is 1. The lowest BCUT2D eigenvalue weighted by Gasteiger charge is -2.20. The zero-order valence-electron chi connectivity index (χ0n) is 15.1. The number of allylic oxidation sites excluding steroid dienone is 1. The van der Waals surface area contributed by atoms with Crippen LogP contribution < -0.4 is 24.7 Å². The Balaban J connectivity index is 1.93. The van der Waals surface area contributed by atoms with E-state index in [1.165, 1.54) is 0 Å². The highest BCUT2D eigenvalue weighted by molar-refractivity contribution is 9.12. The summed E-state index contributed by atoms with van der Waals surface area (Å²) in [6.07, 6.45) is 1.69. The van der Waals surface area contributed by atoms with E-state index in [0.29, 0.717) is 64.1 Å². The molecule has 2 aromatic carbocycles. The highest BCUT2D eigenvalue weighted by Crippen LogP contribution is 2.38. The fourth-order valence-corrected chi connectivity index (χ4v) is 3.15. The van der Waals surface area contributed by atoms with E-state index in [0.717, 1.165) is 0 Å². The molecule has 0 aliphatic carbocycles. The number of carbonyl (C=O) groups excluding carboxylic acids is 1. The smallest absolute Gasteiger partial charge is 0.200 e. The van der Waals surface area contributed by atoms with Crippen LogP contribution >= 0.6 is 15.9 Å². The Morgan fingerprint density at radius 2 is 1.89 bits per heavy atom. The highest BCUT2D eigenvalue weighted by Gasteiger charge is 2.18. The van der Waals surface area contributed by atoms with Gasteiger partial charge in [0.2, 0.25) is 0 Å². The van der Waals surface area contributed by atoms with Crippen molar-refractivity contribution < 1.29 is 23.7 Å². The zero-order valence-corrected chi connectivity index (χ0v) is 16.7. The second-order valence-corrected chi connectivity index (χ2v) is 6.60. The summed E-state index contributed by atoms with van der Waals surface area (Å²) in [5.41, 5.74) is 7.52. The predicted molar refractivity (Wildman–Crippen MR) is 107 cm³/mol. The van der Waals surface area contributed by atoms with E-state index in [4.69, 9.17) is 24.7 Å². The molecule has 3 rings (SSSR count). The Morgan fingerprint density at radius 1 is 1.19 bits per heavy atom. The van der Waals surface area contributed by atoms with Gasteiger partial charge in [-0.1, -0.05) is 0 Å². The molecule has 6 nitrogen and oxygen atoms in total. The molecule has 0 radical (unpaired) electrons. The molecule has 0 bridgehead atoms. The van der Waals surface area contributed by atoms with Gasteiger partial charge in [0, 0.05) is 17.2 Å². The van der Waals surface area contributed by atoms with Crippen molar-refractivity contribution in [3.63, 3.8) is 0 Å². The van der Waals surface area contributed by atoms with Crippen LogP contribution in [-0.2, 0) is 0 Å². The second-order valence-electron chi connectivity index (χ2n) is 5.74. The number of fused-ring (bicyclic) bond motifs is 1. The summed E-state index contributed by atoms with van der Waals surface area (Å²) < 4.78 is 22.4. The van der Waals surface area contributed by atoms with E-state index in [-0.39, 0.29) is 5.78 Å².